The molecule has 0 fully saturated rings. The molecule has 32 heavy (non-hydrogen) atoms. The summed E-state index contributed by atoms with van der Waals surface area (Å²) in [5.41, 5.74) is 1.19. The lowest BCUT2D eigenvalue weighted by molar-refractivity contribution is 0.128. The van der Waals surface area contributed by atoms with Gasteiger partial charge in [0.25, 0.3) is 0 Å². The Balaban J connectivity index is 0.000000389. The van der Waals surface area contributed by atoms with Crippen LogP contribution >= 0.6 is 23.5 Å². The molecule has 0 aromatic heterocycles. The zero-order valence-electron chi connectivity index (χ0n) is 16.4. The Hall–Kier alpha value is -1.41. The van der Waals surface area contributed by atoms with Gasteiger partial charge in [-0.25, -0.2) is 13.7 Å². The highest BCUT2D eigenvalue weighted by Gasteiger charge is 2.41. The van der Waals surface area contributed by atoms with Crippen molar-refractivity contribution in [3.05, 3.63) is 59.7 Å². The molecule has 14 nitrogen and oxygen atoms in total. The Morgan fingerprint density at radius 1 is 0.750 bits per heavy atom. The van der Waals surface area contributed by atoms with Crippen molar-refractivity contribution >= 4 is 32.5 Å². The summed E-state index contributed by atoms with van der Waals surface area (Å²) in [6.45, 7) is 3.26. The molecule has 0 radical (unpaired) electrons. The molecule has 0 bridgehead atoms. The second-order valence-corrected chi connectivity index (χ2v) is 11.6. The lowest BCUT2D eigenvalue weighted by Gasteiger charge is -2.17. The Bertz CT molecular complexity index is 1030. The second-order valence-electron chi connectivity index (χ2n) is 5.87. The minimum Gasteiger partial charge on any atom is -0.480 e. The van der Waals surface area contributed by atoms with Gasteiger partial charge in [-0.2, -0.15) is 8.62 Å². The molecule has 2 atom stereocenters. The quantitative estimate of drug-likeness (QED) is 0.188. The molecule has 2 unspecified atom stereocenters. The van der Waals surface area contributed by atoms with Crippen molar-refractivity contribution in [2.45, 2.75) is 13.8 Å². The lowest BCUT2D eigenvalue weighted by atomic mass is 10.1. The molecule has 0 saturated carbocycles. The summed E-state index contributed by atoms with van der Waals surface area (Å²) >= 11 is 0. The zero-order valence-corrected chi connectivity index (χ0v) is 20.1. The van der Waals surface area contributed by atoms with E-state index in [1.807, 2.05) is 0 Å². The summed E-state index contributed by atoms with van der Waals surface area (Å²) in [5.74, 6) is 0.142. The van der Waals surface area contributed by atoms with Gasteiger partial charge < -0.3 is 38.0 Å². The van der Waals surface area contributed by atoms with E-state index >= 15 is 0 Å². The highest BCUT2D eigenvalue weighted by molar-refractivity contribution is 7.66. The number of hydrogen-bond donors (Lipinski definition) is 7. The van der Waals surface area contributed by atoms with Gasteiger partial charge >= 0.3 is 32.5 Å². The van der Waals surface area contributed by atoms with E-state index in [0.29, 0.717) is 11.1 Å². The predicted octanol–water partition coefficient (Wildman–Crippen LogP) is 1.49. The van der Waals surface area contributed by atoms with Crippen LogP contribution in [0.3, 0.4) is 0 Å². The number of rotatable bonds is 8. The molecule has 0 heterocycles. The molecule has 0 spiro atoms. The van der Waals surface area contributed by atoms with Gasteiger partial charge in [0.15, 0.2) is 0 Å². The predicted molar refractivity (Wildman–Crippen MR) is 110 cm³/mol. The molecule has 0 aliphatic carbocycles. The van der Waals surface area contributed by atoms with E-state index in [9.17, 15) is 18.6 Å². The van der Waals surface area contributed by atoms with E-state index in [-0.39, 0.29) is 11.5 Å². The van der Waals surface area contributed by atoms with Crippen molar-refractivity contribution in [2.75, 3.05) is 0 Å². The van der Waals surface area contributed by atoms with Crippen LogP contribution in [0, 0.1) is 13.8 Å². The molecule has 0 aliphatic rings. The van der Waals surface area contributed by atoms with E-state index < -0.39 is 32.5 Å². The first kappa shape index (κ1) is 28.6. The summed E-state index contributed by atoms with van der Waals surface area (Å²) in [6.07, 6.45) is 0. The molecule has 180 valence electrons. The van der Waals surface area contributed by atoms with Gasteiger partial charge in [-0.05, 0) is 43.2 Å². The first-order valence-corrected chi connectivity index (χ1v) is 14.5. The van der Waals surface area contributed by atoms with Gasteiger partial charge in [0, 0.05) is 0 Å². The summed E-state index contributed by atoms with van der Waals surface area (Å²) in [4.78, 5) is 60.6. The third-order valence-electron chi connectivity index (χ3n) is 3.18. The first-order chi connectivity index (χ1) is 14.4. The maximum atomic E-state index is 11.6. The normalized spacial score (nSPS) is 15.5. The van der Waals surface area contributed by atoms with Gasteiger partial charge in [0.2, 0.25) is 0 Å². The highest BCUT2D eigenvalue weighted by atomic mass is 31.3. The fourth-order valence-corrected chi connectivity index (χ4v) is 5.43. The smallest absolute Gasteiger partial charge is 0.480 e. The number of aryl methyl sites for hydroxylation is 1. The molecule has 2 aromatic carbocycles. The van der Waals surface area contributed by atoms with Crippen LogP contribution in [0.1, 0.15) is 11.1 Å². The molecule has 0 saturated heterocycles. The van der Waals surface area contributed by atoms with Crippen LogP contribution in [0.15, 0.2) is 48.5 Å². The Kier molecular flexibility index (Phi) is 9.96. The zero-order chi connectivity index (χ0) is 24.8. The SMILES string of the molecule is Cc1cccc(OP(=O)(O)OP(=O)(O)OP(=O)(O)O)c1C.O[Si](O)(O)Oc1ccccc1. The third kappa shape index (κ3) is 12.0. The second kappa shape index (κ2) is 11.1. The molecule has 7 N–H and O–H groups in total. The van der Waals surface area contributed by atoms with E-state index in [4.69, 9.17) is 29.1 Å². The van der Waals surface area contributed by atoms with Crippen molar-refractivity contribution < 1.29 is 65.2 Å². The first-order valence-electron chi connectivity index (χ1n) is 8.20. The fraction of sp³-hybridized carbons (Fsp3) is 0.143. The average Bonchev–Trinajstić information content (AvgIpc) is 2.55. The van der Waals surface area contributed by atoms with Crippen LogP contribution in [0.2, 0.25) is 0 Å². The highest BCUT2D eigenvalue weighted by Crippen LogP contribution is 2.66. The maximum absolute atomic E-state index is 11.6. The van der Waals surface area contributed by atoms with E-state index in [1.54, 1.807) is 38.1 Å². The Morgan fingerprint density at radius 2 is 1.31 bits per heavy atom. The number of phosphoric acid groups is 3. The van der Waals surface area contributed by atoms with E-state index in [1.165, 1.54) is 24.3 Å². The van der Waals surface area contributed by atoms with Gasteiger partial charge in [0.1, 0.15) is 11.5 Å². The molecule has 0 aliphatic heterocycles. The number of phosphoric ester groups is 1. The third-order valence-corrected chi connectivity index (χ3v) is 7.45. The van der Waals surface area contributed by atoms with Crippen LogP contribution in [0.25, 0.3) is 0 Å². The van der Waals surface area contributed by atoms with Crippen molar-refractivity contribution in [3.8, 4) is 11.5 Å². The van der Waals surface area contributed by atoms with Gasteiger partial charge in [0.05, 0.1) is 0 Å². The maximum Gasteiger partial charge on any atom is 0.741 e. The Labute approximate surface area is 183 Å². The molecule has 2 rings (SSSR count). The summed E-state index contributed by atoms with van der Waals surface area (Å²) in [7, 11) is -20.4. The summed E-state index contributed by atoms with van der Waals surface area (Å²) in [6, 6.07) is 12.6. The molecular formula is C14H21O14P3Si. The van der Waals surface area contributed by atoms with Crippen molar-refractivity contribution in [2.24, 2.45) is 0 Å². The fourth-order valence-electron chi connectivity index (χ4n) is 1.89. The van der Waals surface area contributed by atoms with Crippen molar-refractivity contribution in [1.29, 1.82) is 0 Å². The minimum absolute atomic E-state index is 0.1000. The van der Waals surface area contributed by atoms with E-state index in [2.05, 4.69) is 17.6 Å². The largest absolute Gasteiger partial charge is 0.741 e. The van der Waals surface area contributed by atoms with Gasteiger partial charge in [-0.15, -0.1) is 0 Å². The minimum atomic E-state index is -5.50. The summed E-state index contributed by atoms with van der Waals surface area (Å²) < 4.78 is 49.4. The van der Waals surface area contributed by atoms with Crippen LogP contribution in [0.4, 0.5) is 0 Å². The molecule has 2 aromatic rings. The van der Waals surface area contributed by atoms with Gasteiger partial charge in [-0.1, -0.05) is 30.3 Å². The topological polar surface area (TPSA) is 230 Å². The van der Waals surface area contributed by atoms with E-state index in [0.717, 1.165) is 0 Å². The molecular weight excluding hydrogens is 513 g/mol. The average molecular weight is 534 g/mol. The van der Waals surface area contributed by atoms with Gasteiger partial charge in [-0.3, -0.25) is 4.89 Å². The number of benzene rings is 2. The van der Waals surface area contributed by atoms with Crippen LogP contribution in [-0.2, 0) is 22.3 Å². The van der Waals surface area contributed by atoms with Crippen LogP contribution in [-0.4, -0.2) is 43.0 Å². The van der Waals surface area contributed by atoms with Crippen molar-refractivity contribution in [3.63, 3.8) is 0 Å². The number of hydrogen-bond acceptors (Lipinski definition) is 10. The van der Waals surface area contributed by atoms with Crippen LogP contribution < -0.4 is 8.95 Å². The number of para-hydroxylation sites is 1. The molecule has 18 heteroatoms. The monoisotopic (exact) mass is 534 g/mol. The summed E-state index contributed by atoms with van der Waals surface area (Å²) in [5, 5.41) is 0. The standard InChI is InChI=1S/C8H13O10P3.C6H8O4Si/c1-6-4-3-5-8(7(6)2)16-20(12,13)18-21(14,15)17-19(9,10)11;7-11(8,9)10-6-4-2-1-3-5-6/h3-5H,1-2H3,(H,12,13)(H,14,15)(H2,9,10,11);1-5,7-9H. The molecule has 0 amide bonds. The van der Waals surface area contributed by atoms with Crippen molar-refractivity contribution in [1.82, 2.24) is 0 Å². The lowest BCUT2D eigenvalue weighted by Crippen LogP contribution is -2.42. The Morgan fingerprint density at radius 3 is 1.81 bits per heavy atom. The van der Waals surface area contributed by atoms with Crippen LogP contribution in [0.5, 0.6) is 11.5 Å².